The lowest BCUT2D eigenvalue weighted by Gasteiger charge is -2.12. The fourth-order valence-corrected chi connectivity index (χ4v) is 1.62. The molecule has 0 saturated heterocycles. The third kappa shape index (κ3) is 4.63. The molecule has 2 N–H and O–H groups in total. The average Bonchev–Trinajstić information content (AvgIpc) is 2.31. The van der Waals surface area contributed by atoms with Crippen molar-refractivity contribution in [1.82, 2.24) is 5.32 Å². The Morgan fingerprint density at radius 2 is 2.21 bits per heavy atom. The number of halogens is 1. The number of hydrogen-bond donors (Lipinski definition) is 2. The molecule has 0 bridgehead atoms. The molecule has 0 aliphatic rings. The number of hydrogen-bond acceptors (Lipinski definition) is 4. The first-order valence-corrected chi connectivity index (χ1v) is 5.91. The molecule has 1 unspecified atom stereocenters. The van der Waals surface area contributed by atoms with Crippen LogP contribution in [0.2, 0.25) is 0 Å². The van der Waals surface area contributed by atoms with E-state index < -0.39 is 10.7 Å². The van der Waals surface area contributed by atoms with Gasteiger partial charge in [-0.3, -0.25) is 14.9 Å². The second kappa shape index (κ2) is 6.79. The molecule has 7 heteroatoms. The van der Waals surface area contributed by atoms with Crippen LogP contribution in [0.1, 0.15) is 20.3 Å². The number of nitro benzene ring substituents is 1. The molecule has 0 fully saturated rings. The first-order chi connectivity index (χ1) is 8.93. The number of amides is 1. The maximum absolute atomic E-state index is 13.5. The Hall–Kier alpha value is -2.02. The van der Waals surface area contributed by atoms with Crippen LogP contribution in [0, 0.1) is 15.9 Å². The Morgan fingerprint density at radius 1 is 1.53 bits per heavy atom. The van der Waals surface area contributed by atoms with Crippen molar-refractivity contribution in [2.45, 2.75) is 26.3 Å². The fraction of sp³-hybridized carbons (Fsp3) is 0.417. The molecule has 0 aromatic heterocycles. The van der Waals surface area contributed by atoms with Gasteiger partial charge < -0.3 is 10.6 Å². The highest BCUT2D eigenvalue weighted by molar-refractivity contribution is 5.91. The molecule has 1 aromatic rings. The summed E-state index contributed by atoms with van der Waals surface area (Å²) in [5, 5.41) is 15.9. The number of anilines is 1. The van der Waals surface area contributed by atoms with Crippen molar-refractivity contribution >= 4 is 17.3 Å². The topological polar surface area (TPSA) is 84.3 Å². The quantitative estimate of drug-likeness (QED) is 0.611. The van der Waals surface area contributed by atoms with Crippen molar-refractivity contribution < 1.29 is 14.1 Å². The van der Waals surface area contributed by atoms with Gasteiger partial charge in [-0.1, -0.05) is 6.92 Å². The number of nitrogens with zero attached hydrogens (tertiary/aromatic N) is 1. The van der Waals surface area contributed by atoms with Crippen molar-refractivity contribution in [3.05, 3.63) is 34.1 Å². The predicted octanol–water partition coefficient (Wildman–Crippen LogP) is 2.06. The molecule has 1 aromatic carbocycles. The van der Waals surface area contributed by atoms with Crippen molar-refractivity contribution in [3.8, 4) is 0 Å². The minimum atomic E-state index is -0.821. The number of benzene rings is 1. The molecular formula is C12H16FN3O3. The number of nitro groups is 1. The standard InChI is InChI=1S/C12H16FN3O3/c1-3-14-8(2)6-12(17)15-11-5-4-9(16(18)19)7-10(11)13/h4-5,7-8,14H,3,6H2,1-2H3,(H,15,17). The van der Waals surface area contributed by atoms with Gasteiger partial charge >= 0.3 is 0 Å². The van der Waals surface area contributed by atoms with Crippen LogP contribution in [0.4, 0.5) is 15.8 Å². The van der Waals surface area contributed by atoms with Crippen LogP contribution in [0.15, 0.2) is 18.2 Å². The summed E-state index contributed by atoms with van der Waals surface area (Å²) in [6.45, 7) is 4.50. The van der Waals surface area contributed by atoms with Gasteiger partial charge in [0, 0.05) is 18.5 Å². The zero-order valence-corrected chi connectivity index (χ0v) is 10.8. The highest BCUT2D eigenvalue weighted by Gasteiger charge is 2.14. The molecule has 104 valence electrons. The van der Waals surface area contributed by atoms with E-state index in [0.717, 1.165) is 18.7 Å². The summed E-state index contributed by atoms with van der Waals surface area (Å²) < 4.78 is 13.5. The van der Waals surface area contributed by atoms with Crippen LogP contribution in [0.25, 0.3) is 0 Å². The lowest BCUT2D eigenvalue weighted by atomic mass is 10.2. The van der Waals surface area contributed by atoms with Gasteiger partial charge in [0.1, 0.15) is 0 Å². The first-order valence-electron chi connectivity index (χ1n) is 5.91. The molecule has 0 radical (unpaired) electrons. The summed E-state index contributed by atoms with van der Waals surface area (Å²) in [7, 11) is 0. The monoisotopic (exact) mass is 269 g/mol. The summed E-state index contributed by atoms with van der Waals surface area (Å²) >= 11 is 0. The maximum atomic E-state index is 13.5. The smallest absolute Gasteiger partial charge is 0.272 e. The van der Waals surface area contributed by atoms with Gasteiger partial charge in [-0.15, -0.1) is 0 Å². The summed E-state index contributed by atoms with van der Waals surface area (Å²) in [6.07, 6.45) is 0.199. The highest BCUT2D eigenvalue weighted by Crippen LogP contribution is 2.20. The zero-order chi connectivity index (χ0) is 14.4. The van der Waals surface area contributed by atoms with Gasteiger partial charge in [0.2, 0.25) is 5.91 Å². The molecule has 19 heavy (non-hydrogen) atoms. The van der Waals surface area contributed by atoms with E-state index in [1.165, 1.54) is 6.07 Å². The minimum absolute atomic E-state index is 0.0221. The Labute approximate surface area is 110 Å². The zero-order valence-electron chi connectivity index (χ0n) is 10.8. The van der Waals surface area contributed by atoms with E-state index in [2.05, 4.69) is 10.6 Å². The van der Waals surface area contributed by atoms with Crippen molar-refractivity contribution in [1.29, 1.82) is 0 Å². The van der Waals surface area contributed by atoms with Gasteiger partial charge in [0.25, 0.3) is 5.69 Å². The third-order valence-electron chi connectivity index (χ3n) is 2.48. The molecule has 0 spiro atoms. The Balaban J connectivity index is 2.67. The number of non-ortho nitro benzene ring substituents is 1. The molecule has 1 atom stereocenters. The summed E-state index contributed by atoms with van der Waals surface area (Å²) in [5.41, 5.74) is -0.407. The van der Waals surface area contributed by atoms with E-state index in [1.54, 1.807) is 0 Å². The minimum Gasteiger partial charge on any atom is -0.324 e. The second-order valence-electron chi connectivity index (χ2n) is 4.13. The number of rotatable bonds is 6. The van der Waals surface area contributed by atoms with Gasteiger partial charge in [-0.25, -0.2) is 4.39 Å². The summed E-state index contributed by atoms with van der Waals surface area (Å²) in [6, 6.07) is 3.09. The lowest BCUT2D eigenvalue weighted by molar-refractivity contribution is -0.385. The van der Waals surface area contributed by atoms with Gasteiger partial charge in [-0.05, 0) is 19.5 Å². The van der Waals surface area contributed by atoms with Crippen molar-refractivity contribution in [2.24, 2.45) is 0 Å². The normalized spacial score (nSPS) is 11.9. The summed E-state index contributed by atoms with van der Waals surface area (Å²) in [5.74, 6) is -1.17. The van der Waals surface area contributed by atoms with E-state index in [-0.39, 0.29) is 29.7 Å². The highest BCUT2D eigenvalue weighted by atomic mass is 19.1. The van der Waals surface area contributed by atoms with E-state index in [4.69, 9.17) is 0 Å². The van der Waals surface area contributed by atoms with Crippen LogP contribution >= 0.6 is 0 Å². The summed E-state index contributed by atoms with van der Waals surface area (Å²) in [4.78, 5) is 21.4. The molecule has 6 nitrogen and oxygen atoms in total. The second-order valence-corrected chi connectivity index (χ2v) is 4.13. The fourth-order valence-electron chi connectivity index (χ4n) is 1.62. The Morgan fingerprint density at radius 3 is 2.74 bits per heavy atom. The van der Waals surface area contributed by atoms with Crippen LogP contribution < -0.4 is 10.6 Å². The number of carbonyl (C=O) groups excluding carboxylic acids is 1. The van der Waals surface area contributed by atoms with Crippen LogP contribution in [0.5, 0.6) is 0 Å². The largest absolute Gasteiger partial charge is 0.324 e. The van der Waals surface area contributed by atoms with E-state index >= 15 is 0 Å². The molecular weight excluding hydrogens is 253 g/mol. The van der Waals surface area contributed by atoms with Gasteiger partial charge in [0.05, 0.1) is 16.7 Å². The molecule has 0 aliphatic carbocycles. The van der Waals surface area contributed by atoms with E-state index in [9.17, 15) is 19.3 Å². The molecule has 1 rings (SSSR count). The van der Waals surface area contributed by atoms with Crippen LogP contribution in [0.3, 0.4) is 0 Å². The maximum Gasteiger partial charge on any atom is 0.272 e. The Kier molecular flexibility index (Phi) is 5.37. The number of nitrogens with one attached hydrogen (secondary N) is 2. The lowest BCUT2D eigenvalue weighted by Crippen LogP contribution is -2.30. The van der Waals surface area contributed by atoms with Crippen molar-refractivity contribution in [3.63, 3.8) is 0 Å². The first kappa shape index (κ1) is 15.0. The van der Waals surface area contributed by atoms with Gasteiger partial charge in [-0.2, -0.15) is 0 Å². The SMILES string of the molecule is CCNC(C)CC(=O)Nc1ccc([N+](=O)[O-])cc1F. The van der Waals surface area contributed by atoms with E-state index in [1.807, 2.05) is 13.8 Å². The predicted molar refractivity (Wildman–Crippen MR) is 69.4 cm³/mol. The van der Waals surface area contributed by atoms with Gasteiger partial charge in [0.15, 0.2) is 5.82 Å². The number of carbonyl (C=O) groups is 1. The van der Waals surface area contributed by atoms with Crippen LogP contribution in [-0.4, -0.2) is 23.4 Å². The third-order valence-corrected chi connectivity index (χ3v) is 2.48. The van der Waals surface area contributed by atoms with E-state index in [0.29, 0.717) is 0 Å². The van der Waals surface area contributed by atoms with Crippen LogP contribution in [-0.2, 0) is 4.79 Å². The van der Waals surface area contributed by atoms with Crippen molar-refractivity contribution in [2.75, 3.05) is 11.9 Å². The average molecular weight is 269 g/mol. The molecule has 0 heterocycles. The molecule has 0 saturated carbocycles. The Bertz CT molecular complexity index is 479. The molecule has 1 amide bonds. The molecule has 0 aliphatic heterocycles.